The fraction of sp³-hybridized carbons (Fsp3) is 0.364. The van der Waals surface area contributed by atoms with E-state index in [9.17, 15) is 4.79 Å². The molecule has 15 heavy (non-hydrogen) atoms. The third kappa shape index (κ3) is 1.87. The summed E-state index contributed by atoms with van der Waals surface area (Å²) in [6, 6.07) is 3.84. The average Bonchev–Trinajstić information content (AvgIpc) is 2.93. The van der Waals surface area contributed by atoms with Gasteiger partial charge in [-0.25, -0.2) is 4.79 Å². The molecule has 0 saturated heterocycles. The van der Waals surface area contributed by atoms with Crippen molar-refractivity contribution in [1.82, 2.24) is 0 Å². The van der Waals surface area contributed by atoms with Crippen molar-refractivity contribution >= 4 is 33.6 Å². The van der Waals surface area contributed by atoms with E-state index in [-0.39, 0.29) is 5.54 Å². The molecule has 1 aliphatic carbocycles. The molecule has 78 valence electrons. The number of isocyanates is 1. The van der Waals surface area contributed by atoms with Crippen LogP contribution in [0.5, 0.6) is 0 Å². The Balaban J connectivity index is 2.54. The Hall–Kier alpha value is -0.630. The normalized spacial score (nSPS) is 17.0. The molecule has 1 aromatic carbocycles. The third-order valence-electron chi connectivity index (χ3n) is 2.75. The largest absolute Gasteiger partial charge is 0.235 e. The lowest BCUT2D eigenvalue weighted by Crippen LogP contribution is -2.05. The Morgan fingerprint density at radius 2 is 2.20 bits per heavy atom. The summed E-state index contributed by atoms with van der Waals surface area (Å²) >= 11 is 9.36. The summed E-state index contributed by atoms with van der Waals surface area (Å²) in [4.78, 5) is 14.3. The number of aryl methyl sites for hydroxylation is 1. The van der Waals surface area contributed by atoms with Gasteiger partial charge in [-0.2, -0.15) is 4.99 Å². The lowest BCUT2D eigenvalue weighted by atomic mass is 10.00. The molecule has 2 rings (SSSR count). The van der Waals surface area contributed by atoms with Crippen LogP contribution in [0, 0.1) is 6.92 Å². The van der Waals surface area contributed by atoms with Gasteiger partial charge in [0, 0.05) is 4.47 Å². The van der Waals surface area contributed by atoms with Crippen molar-refractivity contribution in [2.75, 3.05) is 0 Å². The quantitative estimate of drug-likeness (QED) is 0.601. The average molecular weight is 287 g/mol. The summed E-state index contributed by atoms with van der Waals surface area (Å²) < 4.78 is 0.845. The van der Waals surface area contributed by atoms with E-state index < -0.39 is 0 Å². The van der Waals surface area contributed by atoms with Gasteiger partial charge in [0.1, 0.15) is 0 Å². The van der Waals surface area contributed by atoms with Crippen LogP contribution in [0.2, 0.25) is 5.02 Å². The number of nitrogens with zero attached hydrogens (tertiary/aromatic N) is 1. The van der Waals surface area contributed by atoms with Crippen LogP contribution in [0.1, 0.15) is 24.0 Å². The summed E-state index contributed by atoms with van der Waals surface area (Å²) in [5, 5.41) is 0.683. The molecule has 0 bridgehead atoms. The molecule has 2 nitrogen and oxygen atoms in total. The number of hydrogen-bond donors (Lipinski definition) is 0. The molecule has 0 spiro atoms. The molecule has 1 saturated carbocycles. The first-order valence-corrected chi connectivity index (χ1v) is 5.81. The van der Waals surface area contributed by atoms with Crippen LogP contribution in [-0.2, 0) is 10.3 Å². The van der Waals surface area contributed by atoms with E-state index in [1.165, 1.54) is 0 Å². The highest BCUT2D eigenvalue weighted by molar-refractivity contribution is 9.10. The maximum atomic E-state index is 10.4. The van der Waals surface area contributed by atoms with Crippen molar-refractivity contribution in [1.29, 1.82) is 0 Å². The van der Waals surface area contributed by atoms with Crippen molar-refractivity contribution in [2.24, 2.45) is 4.99 Å². The first-order valence-electron chi connectivity index (χ1n) is 4.64. The maximum absolute atomic E-state index is 10.4. The molecular formula is C11H9BrClNO. The molecule has 4 heteroatoms. The number of hydrogen-bond acceptors (Lipinski definition) is 2. The number of aliphatic imine (C=N–C) groups is 1. The first-order chi connectivity index (χ1) is 7.09. The van der Waals surface area contributed by atoms with Crippen LogP contribution < -0.4 is 0 Å². The SMILES string of the molecule is Cc1cc(Cl)c(Br)cc1C1(N=C=O)CC1. The highest BCUT2D eigenvalue weighted by Crippen LogP contribution is 2.51. The molecule has 1 aromatic rings. The van der Waals surface area contributed by atoms with Gasteiger partial charge in [-0.05, 0) is 59.0 Å². The van der Waals surface area contributed by atoms with Gasteiger partial charge in [-0.15, -0.1) is 0 Å². The molecule has 0 N–H and O–H groups in total. The lowest BCUT2D eigenvalue weighted by Gasteiger charge is -2.13. The second-order valence-electron chi connectivity index (χ2n) is 3.82. The van der Waals surface area contributed by atoms with E-state index in [0.29, 0.717) is 5.02 Å². The molecule has 1 aliphatic rings. The maximum Gasteiger partial charge on any atom is 0.235 e. The second-order valence-corrected chi connectivity index (χ2v) is 5.08. The highest BCUT2D eigenvalue weighted by Gasteiger charge is 2.45. The number of carbonyl (C=O) groups excluding carboxylic acids is 1. The molecule has 0 heterocycles. The second kappa shape index (κ2) is 3.75. The number of halogens is 2. The molecule has 0 aliphatic heterocycles. The van der Waals surface area contributed by atoms with Crippen LogP contribution in [0.4, 0.5) is 0 Å². The Kier molecular flexibility index (Phi) is 2.72. The zero-order valence-electron chi connectivity index (χ0n) is 8.18. The van der Waals surface area contributed by atoms with Gasteiger partial charge >= 0.3 is 0 Å². The van der Waals surface area contributed by atoms with Crippen LogP contribution >= 0.6 is 27.5 Å². The van der Waals surface area contributed by atoms with Gasteiger partial charge in [0.2, 0.25) is 6.08 Å². The van der Waals surface area contributed by atoms with Gasteiger partial charge < -0.3 is 0 Å². The predicted molar refractivity (Wildman–Crippen MR) is 62.9 cm³/mol. The third-order valence-corrected chi connectivity index (χ3v) is 3.95. The smallest absolute Gasteiger partial charge is 0.211 e. The Morgan fingerprint density at radius 1 is 1.53 bits per heavy atom. The van der Waals surface area contributed by atoms with Crippen molar-refractivity contribution in [3.05, 3.63) is 32.8 Å². The molecular weight excluding hydrogens is 277 g/mol. The Morgan fingerprint density at radius 3 is 2.73 bits per heavy atom. The van der Waals surface area contributed by atoms with Crippen LogP contribution in [-0.4, -0.2) is 6.08 Å². The fourth-order valence-electron chi connectivity index (χ4n) is 1.79. The minimum absolute atomic E-state index is 0.320. The number of benzene rings is 1. The monoisotopic (exact) mass is 285 g/mol. The van der Waals surface area contributed by atoms with Gasteiger partial charge in [0.05, 0.1) is 10.6 Å². The Labute approximate surface area is 101 Å². The predicted octanol–water partition coefficient (Wildman–Crippen LogP) is 3.74. The van der Waals surface area contributed by atoms with Gasteiger partial charge in [-0.1, -0.05) is 11.6 Å². The molecule has 0 amide bonds. The summed E-state index contributed by atoms with van der Waals surface area (Å²) in [6.45, 7) is 1.98. The van der Waals surface area contributed by atoms with Crippen molar-refractivity contribution in [2.45, 2.75) is 25.3 Å². The summed E-state index contributed by atoms with van der Waals surface area (Å²) in [6.07, 6.45) is 3.48. The Bertz CT molecular complexity index is 462. The van der Waals surface area contributed by atoms with E-state index in [0.717, 1.165) is 28.4 Å². The summed E-state index contributed by atoms with van der Waals surface area (Å²) in [7, 11) is 0. The van der Waals surface area contributed by atoms with Crippen molar-refractivity contribution < 1.29 is 4.79 Å². The minimum Gasteiger partial charge on any atom is -0.211 e. The first kappa shape index (κ1) is 10.9. The van der Waals surface area contributed by atoms with Gasteiger partial charge in [-0.3, -0.25) is 0 Å². The zero-order chi connectivity index (χ0) is 11.1. The van der Waals surface area contributed by atoms with E-state index in [4.69, 9.17) is 11.6 Å². The van der Waals surface area contributed by atoms with Crippen molar-refractivity contribution in [3.63, 3.8) is 0 Å². The number of rotatable bonds is 2. The molecule has 0 unspecified atom stereocenters. The molecule has 0 radical (unpaired) electrons. The standard InChI is InChI=1S/C11H9BrClNO/c1-7-4-10(13)9(12)5-8(7)11(2-3-11)14-6-15/h4-5H,2-3H2,1H3. The zero-order valence-corrected chi connectivity index (χ0v) is 10.5. The van der Waals surface area contributed by atoms with Crippen LogP contribution in [0.3, 0.4) is 0 Å². The summed E-state index contributed by atoms with van der Waals surface area (Å²) in [5.41, 5.74) is 1.82. The van der Waals surface area contributed by atoms with Crippen LogP contribution in [0.25, 0.3) is 0 Å². The topological polar surface area (TPSA) is 29.4 Å². The highest BCUT2D eigenvalue weighted by atomic mass is 79.9. The van der Waals surface area contributed by atoms with E-state index >= 15 is 0 Å². The van der Waals surface area contributed by atoms with E-state index in [1.54, 1.807) is 6.08 Å². The fourth-order valence-corrected chi connectivity index (χ4v) is 2.36. The van der Waals surface area contributed by atoms with E-state index in [1.807, 2.05) is 19.1 Å². The van der Waals surface area contributed by atoms with E-state index in [2.05, 4.69) is 20.9 Å². The van der Waals surface area contributed by atoms with Crippen LogP contribution in [0.15, 0.2) is 21.6 Å². The minimum atomic E-state index is -0.320. The lowest BCUT2D eigenvalue weighted by molar-refractivity contribution is 0.556. The molecule has 1 fully saturated rings. The molecule has 0 aromatic heterocycles. The van der Waals surface area contributed by atoms with Gasteiger partial charge in [0.25, 0.3) is 0 Å². The summed E-state index contributed by atoms with van der Waals surface area (Å²) in [5.74, 6) is 0. The molecule has 0 atom stereocenters. The van der Waals surface area contributed by atoms with Crippen molar-refractivity contribution in [3.8, 4) is 0 Å². The van der Waals surface area contributed by atoms with Gasteiger partial charge in [0.15, 0.2) is 0 Å².